The third kappa shape index (κ3) is 2.92. The predicted molar refractivity (Wildman–Crippen MR) is 55.1 cm³/mol. The van der Waals surface area contributed by atoms with Crippen LogP contribution >= 0.6 is 0 Å². The molecule has 0 amide bonds. The molecule has 5 heteroatoms. The number of nitro benzene ring substituents is 1. The van der Waals surface area contributed by atoms with Crippen molar-refractivity contribution in [3.05, 3.63) is 33.9 Å². The summed E-state index contributed by atoms with van der Waals surface area (Å²) in [6.07, 6.45) is 1.02. The van der Waals surface area contributed by atoms with E-state index in [0.717, 1.165) is 0 Å². The minimum atomic E-state index is -0.435. The molecule has 1 N–H and O–H groups in total. The van der Waals surface area contributed by atoms with E-state index in [1.165, 1.54) is 13.2 Å². The maximum absolute atomic E-state index is 10.7. The molecular formula is C10H13NO4. The van der Waals surface area contributed by atoms with Crippen LogP contribution in [0.4, 0.5) is 5.69 Å². The first kappa shape index (κ1) is 11.5. The Morgan fingerprint density at radius 3 is 2.80 bits per heavy atom. The van der Waals surface area contributed by atoms with Crippen molar-refractivity contribution < 1.29 is 14.8 Å². The quantitative estimate of drug-likeness (QED) is 0.592. The number of ether oxygens (including phenoxy) is 1. The van der Waals surface area contributed by atoms with E-state index in [9.17, 15) is 10.1 Å². The van der Waals surface area contributed by atoms with Crippen LogP contribution in [0.5, 0.6) is 5.75 Å². The van der Waals surface area contributed by atoms with Crippen molar-refractivity contribution in [1.29, 1.82) is 0 Å². The molecule has 0 bridgehead atoms. The van der Waals surface area contributed by atoms with E-state index < -0.39 is 4.92 Å². The van der Waals surface area contributed by atoms with Crippen molar-refractivity contribution >= 4 is 5.69 Å². The maximum Gasteiger partial charge on any atom is 0.276 e. The molecule has 0 aromatic heterocycles. The van der Waals surface area contributed by atoms with Gasteiger partial charge in [0.1, 0.15) is 5.75 Å². The van der Waals surface area contributed by atoms with E-state index in [1.807, 2.05) is 0 Å². The molecule has 0 aliphatic heterocycles. The van der Waals surface area contributed by atoms with E-state index >= 15 is 0 Å². The fraction of sp³-hybridized carbons (Fsp3) is 0.400. The van der Waals surface area contributed by atoms with Crippen molar-refractivity contribution in [1.82, 2.24) is 0 Å². The number of nitrogens with zero attached hydrogens (tertiary/aromatic N) is 1. The highest BCUT2D eigenvalue weighted by Crippen LogP contribution is 2.25. The summed E-state index contributed by atoms with van der Waals surface area (Å²) >= 11 is 0. The molecule has 1 aromatic carbocycles. The molecule has 0 fully saturated rings. The molecular weight excluding hydrogens is 198 g/mol. The van der Waals surface area contributed by atoms with Gasteiger partial charge in [-0.15, -0.1) is 0 Å². The summed E-state index contributed by atoms with van der Waals surface area (Å²) in [5.74, 6) is 0.467. The molecule has 1 rings (SSSR count). The summed E-state index contributed by atoms with van der Waals surface area (Å²) in [7, 11) is 1.46. The Morgan fingerprint density at radius 2 is 2.27 bits per heavy atom. The van der Waals surface area contributed by atoms with Crippen LogP contribution in [0, 0.1) is 10.1 Å². The van der Waals surface area contributed by atoms with Gasteiger partial charge >= 0.3 is 0 Å². The molecule has 0 saturated heterocycles. The van der Waals surface area contributed by atoms with Gasteiger partial charge in [0, 0.05) is 12.2 Å². The Kier molecular flexibility index (Phi) is 4.05. The molecule has 15 heavy (non-hydrogen) atoms. The van der Waals surface area contributed by atoms with Crippen LogP contribution in [0.25, 0.3) is 0 Å². The van der Waals surface area contributed by atoms with Crippen LogP contribution in [-0.4, -0.2) is 23.7 Å². The fourth-order valence-corrected chi connectivity index (χ4v) is 1.32. The van der Waals surface area contributed by atoms with E-state index in [-0.39, 0.29) is 12.3 Å². The highest BCUT2D eigenvalue weighted by molar-refractivity contribution is 5.46. The van der Waals surface area contributed by atoms with Gasteiger partial charge in [-0.1, -0.05) is 0 Å². The third-order valence-electron chi connectivity index (χ3n) is 2.09. The number of aryl methyl sites for hydroxylation is 1. The molecule has 5 nitrogen and oxygen atoms in total. The van der Waals surface area contributed by atoms with E-state index in [1.54, 1.807) is 12.1 Å². The lowest BCUT2D eigenvalue weighted by Crippen LogP contribution is -1.98. The summed E-state index contributed by atoms with van der Waals surface area (Å²) in [4.78, 5) is 10.3. The van der Waals surface area contributed by atoms with E-state index in [0.29, 0.717) is 24.2 Å². The first-order chi connectivity index (χ1) is 7.19. The first-order valence-electron chi connectivity index (χ1n) is 4.61. The van der Waals surface area contributed by atoms with Crippen molar-refractivity contribution in [3.63, 3.8) is 0 Å². The Labute approximate surface area is 87.5 Å². The Balaban J connectivity index is 2.98. The predicted octanol–water partition coefficient (Wildman–Crippen LogP) is 1.53. The summed E-state index contributed by atoms with van der Waals surface area (Å²) in [6, 6.07) is 4.74. The fourth-order valence-electron chi connectivity index (χ4n) is 1.32. The second-order valence-electron chi connectivity index (χ2n) is 3.08. The second-order valence-corrected chi connectivity index (χ2v) is 3.08. The van der Waals surface area contributed by atoms with Crippen LogP contribution in [0.15, 0.2) is 18.2 Å². The number of aliphatic hydroxyl groups is 1. The summed E-state index contributed by atoms with van der Waals surface area (Å²) in [5, 5.41) is 19.4. The van der Waals surface area contributed by atoms with Crippen LogP contribution < -0.4 is 4.74 Å². The van der Waals surface area contributed by atoms with E-state index in [2.05, 4.69) is 0 Å². The summed E-state index contributed by atoms with van der Waals surface area (Å²) < 4.78 is 4.91. The number of hydrogen-bond acceptors (Lipinski definition) is 4. The van der Waals surface area contributed by atoms with Gasteiger partial charge in [0.15, 0.2) is 0 Å². The highest BCUT2D eigenvalue weighted by Gasteiger charge is 2.14. The number of benzene rings is 1. The molecule has 82 valence electrons. The molecule has 0 saturated carbocycles. The minimum Gasteiger partial charge on any atom is -0.497 e. The van der Waals surface area contributed by atoms with Gasteiger partial charge < -0.3 is 9.84 Å². The van der Waals surface area contributed by atoms with Gasteiger partial charge in [-0.25, -0.2) is 0 Å². The Morgan fingerprint density at radius 1 is 1.53 bits per heavy atom. The van der Waals surface area contributed by atoms with Crippen molar-refractivity contribution in [3.8, 4) is 5.75 Å². The lowest BCUT2D eigenvalue weighted by Gasteiger charge is -2.04. The second kappa shape index (κ2) is 5.31. The lowest BCUT2D eigenvalue weighted by atomic mass is 10.1. The van der Waals surface area contributed by atoms with Crippen LogP contribution in [0.3, 0.4) is 0 Å². The molecule has 0 atom stereocenters. The number of hydrogen-bond donors (Lipinski definition) is 1. The largest absolute Gasteiger partial charge is 0.497 e. The molecule has 0 unspecified atom stereocenters. The number of methoxy groups -OCH3 is 1. The third-order valence-corrected chi connectivity index (χ3v) is 2.09. The van der Waals surface area contributed by atoms with E-state index in [4.69, 9.17) is 9.84 Å². The van der Waals surface area contributed by atoms with Gasteiger partial charge in [0.2, 0.25) is 0 Å². The van der Waals surface area contributed by atoms with Crippen LogP contribution in [-0.2, 0) is 6.42 Å². The smallest absolute Gasteiger partial charge is 0.276 e. The summed E-state index contributed by atoms with van der Waals surface area (Å²) in [5.41, 5.74) is 0.664. The first-order valence-corrected chi connectivity index (χ1v) is 4.61. The van der Waals surface area contributed by atoms with Crippen LogP contribution in [0.2, 0.25) is 0 Å². The molecule has 0 aliphatic rings. The highest BCUT2D eigenvalue weighted by atomic mass is 16.6. The monoisotopic (exact) mass is 211 g/mol. The SMILES string of the molecule is COc1ccc(CCCO)c([N+](=O)[O-])c1. The van der Waals surface area contributed by atoms with Gasteiger partial charge in [0.25, 0.3) is 5.69 Å². The van der Waals surface area contributed by atoms with Gasteiger partial charge in [0.05, 0.1) is 18.1 Å². The van der Waals surface area contributed by atoms with Crippen molar-refractivity contribution in [2.45, 2.75) is 12.8 Å². The molecule has 0 aliphatic carbocycles. The maximum atomic E-state index is 10.7. The van der Waals surface area contributed by atoms with Crippen molar-refractivity contribution in [2.24, 2.45) is 0 Å². The zero-order valence-corrected chi connectivity index (χ0v) is 8.47. The summed E-state index contributed by atoms with van der Waals surface area (Å²) in [6.45, 7) is 0.0309. The standard InChI is InChI=1S/C10H13NO4/c1-15-9-5-4-8(3-2-6-12)10(7-9)11(13)14/h4-5,7,12H,2-3,6H2,1H3. The topological polar surface area (TPSA) is 72.6 Å². The zero-order chi connectivity index (χ0) is 11.3. The molecule has 0 heterocycles. The van der Waals surface area contributed by atoms with Gasteiger partial charge in [-0.2, -0.15) is 0 Å². The minimum absolute atomic E-state index is 0.0309. The number of aliphatic hydroxyl groups excluding tert-OH is 1. The molecule has 0 spiro atoms. The van der Waals surface area contributed by atoms with Gasteiger partial charge in [-0.3, -0.25) is 10.1 Å². The average molecular weight is 211 g/mol. The molecule has 0 radical (unpaired) electrons. The zero-order valence-electron chi connectivity index (χ0n) is 8.47. The normalized spacial score (nSPS) is 10.0. The number of rotatable bonds is 5. The lowest BCUT2D eigenvalue weighted by molar-refractivity contribution is -0.385. The Bertz CT molecular complexity index is 351. The number of nitro groups is 1. The van der Waals surface area contributed by atoms with Crippen molar-refractivity contribution in [2.75, 3.05) is 13.7 Å². The van der Waals surface area contributed by atoms with Gasteiger partial charge in [-0.05, 0) is 25.0 Å². The Hall–Kier alpha value is -1.62. The molecule has 1 aromatic rings. The van der Waals surface area contributed by atoms with Crippen LogP contribution in [0.1, 0.15) is 12.0 Å². The average Bonchev–Trinajstić information content (AvgIpc) is 2.26.